The molecule has 6 heteroatoms. The third kappa shape index (κ3) is 4.03. The van der Waals surface area contributed by atoms with Crippen LogP contribution in [0.3, 0.4) is 0 Å². The van der Waals surface area contributed by atoms with E-state index in [4.69, 9.17) is 0 Å². The van der Waals surface area contributed by atoms with Gasteiger partial charge in [-0.3, -0.25) is 4.79 Å². The average Bonchev–Trinajstić information content (AvgIpc) is 2.47. The topological polar surface area (TPSA) is 66.9 Å². The molecule has 0 aliphatic heterocycles. The van der Waals surface area contributed by atoms with Crippen molar-refractivity contribution in [3.05, 3.63) is 52.1 Å². The van der Waals surface area contributed by atoms with E-state index in [1.54, 1.807) is 12.1 Å². The van der Waals surface area contributed by atoms with E-state index in [1.165, 1.54) is 0 Å². The number of halogens is 1. The van der Waals surface area contributed by atoms with Crippen molar-refractivity contribution in [3.63, 3.8) is 0 Å². The normalized spacial score (nSPS) is 10.1. The first-order valence-corrected chi connectivity index (χ1v) is 7.08. The molecule has 0 bridgehead atoms. The van der Waals surface area contributed by atoms with Crippen LogP contribution in [0.25, 0.3) is 0 Å². The lowest BCUT2D eigenvalue weighted by Crippen LogP contribution is -2.24. The number of carbonyl (C=O) groups excluding carboxylic acids is 1. The third-order valence-corrected chi connectivity index (χ3v) is 3.15. The Labute approximate surface area is 125 Å². The molecular weight excluding hydrogens is 320 g/mol. The Morgan fingerprint density at radius 1 is 1.15 bits per heavy atom. The van der Waals surface area contributed by atoms with E-state index in [1.807, 2.05) is 31.2 Å². The molecule has 0 atom stereocenters. The van der Waals surface area contributed by atoms with Crippen LogP contribution in [0.15, 0.2) is 40.9 Å². The second-order valence-corrected chi connectivity index (χ2v) is 5.06. The van der Waals surface area contributed by atoms with E-state index in [-0.39, 0.29) is 5.91 Å². The fourth-order valence-corrected chi connectivity index (χ4v) is 1.87. The summed E-state index contributed by atoms with van der Waals surface area (Å²) in [5.74, 6) is 0.431. The van der Waals surface area contributed by atoms with Gasteiger partial charge in [0.2, 0.25) is 0 Å². The van der Waals surface area contributed by atoms with Crippen LogP contribution in [-0.2, 0) is 6.54 Å². The maximum atomic E-state index is 11.9. The molecule has 2 rings (SSSR count). The molecule has 0 radical (unpaired) electrons. The van der Waals surface area contributed by atoms with E-state index >= 15 is 0 Å². The van der Waals surface area contributed by atoms with Gasteiger partial charge in [-0.05, 0) is 36.8 Å². The largest absolute Gasteiger partial charge is 0.369 e. The van der Waals surface area contributed by atoms with E-state index in [0.717, 1.165) is 16.6 Å². The molecule has 2 aromatic rings. The van der Waals surface area contributed by atoms with Crippen LogP contribution < -0.4 is 10.6 Å². The molecule has 1 amide bonds. The van der Waals surface area contributed by atoms with Gasteiger partial charge in [0.05, 0.1) is 0 Å². The van der Waals surface area contributed by atoms with Crippen LogP contribution in [0.2, 0.25) is 0 Å². The first-order chi connectivity index (χ1) is 9.69. The predicted octanol–water partition coefficient (Wildman–Crippen LogP) is 2.60. The van der Waals surface area contributed by atoms with Crippen LogP contribution in [0.5, 0.6) is 0 Å². The van der Waals surface area contributed by atoms with Crippen molar-refractivity contribution < 1.29 is 4.79 Å². The van der Waals surface area contributed by atoms with Gasteiger partial charge in [0.15, 0.2) is 5.69 Å². The van der Waals surface area contributed by atoms with Gasteiger partial charge in [-0.15, -0.1) is 10.2 Å². The number of amides is 1. The zero-order valence-corrected chi connectivity index (χ0v) is 12.6. The molecular formula is C14H15BrN4O. The summed E-state index contributed by atoms with van der Waals surface area (Å²) in [6.07, 6.45) is 0. The summed E-state index contributed by atoms with van der Waals surface area (Å²) in [4.78, 5) is 11.9. The predicted molar refractivity (Wildman–Crippen MR) is 81.5 cm³/mol. The highest BCUT2D eigenvalue weighted by Gasteiger charge is 2.07. The summed E-state index contributed by atoms with van der Waals surface area (Å²) < 4.78 is 1.01. The number of benzene rings is 1. The highest BCUT2D eigenvalue weighted by molar-refractivity contribution is 9.10. The van der Waals surface area contributed by atoms with Gasteiger partial charge in [-0.2, -0.15) is 0 Å². The zero-order valence-electron chi connectivity index (χ0n) is 11.1. The smallest absolute Gasteiger partial charge is 0.272 e. The minimum atomic E-state index is -0.233. The number of hydrogen-bond donors (Lipinski definition) is 2. The second-order valence-electron chi connectivity index (χ2n) is 4.14. The molecule has 1 aromatic heterocycles. The van der Waals surface area contributed by atoms with Crippen molar-refractivity contribution in [2.75, 3.05) is 11.9 Å². The lowest BCUT2D eigenvalue weighted by atomic mass is 10.2. The summed E-state index contributed by atoms with van der Waals surface area (Å²) in [5, 5.41) is 13.7. The maximum absolute atomic E-state index is 11.9. The standard InChI is InChI=1S/C14H15BrN4O/c1-2-16-13-8-7-12(18-19-13)14(20)17-9-10-3-5-11(15)6-4-10/h3-8H,2,9H2,1H3,(H,16,19)(H,17,20). The highest BCUT2D eigenvalue weighted by atomic mass is 79.9. The number of carbonyl (C=O) groups is 1. The van der Waals surface area contributed by atoms with E-state index in [0.29, 0.717) is 18.1 Å². The van der Waals surface area contributed by atoms with Gasteiger partial charge in [0.25, 0.3) is 5.91 Å². The lowest BCUT2D eigenvalue weighted by Gasteiger charge is -2.05. The summed E-state index contributed by atoms with van der Waals surface area (Å²) in [7, 11) is 0. The molecule has 1 aromatic carbocycles. The Hall–Kier alpha value is -1.95. The number of nitrogens with zero attached hydrogens (tertiary/aromatic N) is 2. The minimum absolute atomic E-state index is 0.233. The Balaban J connectivity index is 1.92. The third-order valence-electron chi connectivity index (χ3n) is 2.62. The molecule has 0 aliphatic carbocycles. The quantitative estimate of drug-likeness (QED) is 0.881. The number of rotatable bonds is 5. The Kier molecular flexibility index (Phi) is 5.06. The summed E-state index contributed by atoms with van der Waals surface area (Å²) in [5.41, 5.74) is 1.34. The SMILES string of the molecule is CCNc1ccc(C(=O)NCc2ccc(Br)cc2)nn1. The van der Waals surface area contributed by atoms with Crippen molar-refractivity contribution in [2.45, 2.75) is 13.5 Å². The number of anilines is 1. The first kappa shape index (κ1) is 14.5. The summed E-state index contributed by atoms with van der Waals surface area (Å²) >= 11 is 3.37. The van der Waals surface area contributed by atoms with E-state index in [9.17, 15) is 4.79 Å². The van der Waals surface area contributed by atoms with Gasteiger partial charge in [-0.25, -0.2) is 0 Å². The van der Waals surface area contributed by atoms with Crippen LogP contribution >= 0.6 is 15.9 Å². The molecule has 0 saturated heterocycles. The average molecular weight is 335 g/mol. The molecule has 0 spiro atoms. The molecule has 0 aliphatic rings. The van der Waals surface area contributed by atoms with E-state index in [2.05, 4.69) is 36.8 Å². The van der Waals surface area contributed by atoms with Crippen LogP contribution in [0, 0.1) is 0 Å². The van der Waals surface area contributed by atoms with Crippen molar-refractivity contribution in [1.82, 2.24) is 15.5 Å². The fraction of sp³-hybridized carbons (Fsp3) is 0.214. The number of hydrogen-bond acceptors (Lipinski definition) is 4. The molecule has 20 heavy (non-hydrogen) atoms. The van der Waals surface area contributed by atoms with E-state index < -0.39 is 0 Å². The fourth-order valence-electron chi connectivity index (χ4n) is 1.60. The van der Waals surface area contributed by atoms with Crippen molar-refractivity contribution in [2.24, 2.45) is 0 Å². The van der Waals surface area contributed by atoms with Crippen LogP contribution in [0.1, 0.15) is 23.0 Å². The molecule has 2 N–H and O–H groups in total. The molecule has 104 valence electrons. The number of nitrogens with one attached hydrogen (secondary N) is 2. The number of aromatic nitrogens is 2. The van der Waals surface area contributed by atoms with Gasteiger partial charge < -0.3 is 10.6 Å². The molecule has 0 saturated carbocycles. The Morgan fingerprint density at radius 3 is 2.50 bits per heavy atom. The Bertz CT molecular complexity index is 569. The van der Waals surface area contributed by atoms with Gasteiger partial charge >= 0.3 is 0 Å². The second kappa shape index (κ2) is 7.00. The molecule has 5 nitrogen and oxygen atoms in total. The lowest BCUT2D eigenvalue weighted by molar-refractivity contribution is 0.0945. The molecule has 0 fully saturated rings. The van der Waals surface area contributed by atoms with Gasteiger partial charge in [0.1, 0.15) is 5.82 Å². The highest BCUT2D eigenvalue weighted by Crippen LogP contribution is 2.10. The first-order valence-electron chi connectivity index (χ1n) is 6.29. The molecule has 0 unspecified atom stereocenters. The monoisotopic (exact) mass is 334 g/mol. The van der Waals surface area contributed by atoms with Crippen molar-refractivity contribution in [3.8, 4) is 0 Å². The Morgan fingerprint density at radius 2 is 1.90 bits per heavy atom. The summed E-state index contributed by atoms with van der Waals surface area (Å²) in [6.45, 7) is 3.20. The summed E-state index contributed by atoms with van der Waals surface area (Å²) in [6, 6.07) is 11.2. The van der Waals surface area contributed by atoms with Crippen LogP contribution in [-0.4, -0.2) is 22.6 Å². The molecule has 1 heterocycles. The van der Waals surface area contributed by atoms with Crippen molar-refractivity contribution in [1.29, 1.82) is 0 Å². The maximum Gasteiger partial charge on any atom is 0.272 e. The van der Waals surface area contributed by atoms with Crippen LogP contribution in [0.4, 0.5) is 5.82 Å². The van der Waals surface area contributed by atoms with Crippen molar-refractivity contribution >= 4 is 27.7 Å². The minimum Gasteiger partial charge on any atom is -0.369 e. The zero-order chi connectivity index (χ0) is 14.4. The van der Waals surface area contributed by atoms with Gasteiger partial charge in [-0.1, -0.05) is 28.1 Å². The van der Waals surface area contributed by atoms with Gasteiger partial charge in [0, 0.05) is 17.6 Å².